The van der Waals surface area contributed by atoms with Gasteiger partial charge in [-0.25, -0.2) is 4.39 Å². The zero-order valence-electron chi connectivity index (χ0n) is 11.3. The minimum absolute atomic E-state index is 0.344. The molecule has 2 rings (SSSR count). The van der Waals surface area contributed by atoms with Crippen molar-refractivity contribution in [3.05, 3.63) is 66.0 Å². The summed E-state index contributed by atoms with van der Waals surface area (Å²) in [6.07, 6.45) is 2.87. The monoisotopic (exact) mass is 323 g/mol. The maximum Gasteiger partial charge on any atom is 0.288 e. The number of amides is 1. The van der Waals surface area contributed by atoms with Crippen LogP contribution in [0, 0.1) is 5.82 Å². The van der Waals surface area contributed by atoms with E-state index in [1.807, 2.05) is 0 Å². The average Bonchev–Trinajstić information content (AvgIpc) is 2.48. The van der Waals surface area contributed by atoms with Crippen molar-refractivity contribution in [1.82, 2.24) is 0 Å². The van der Waals surface area contributed by atoms with Crippen LogP contribution in [-0.4, -0.2) is 11.7 Å². The Morgan fingerprint density at radius 1 is 1.05 bits per heavy atom. The highest BCUT2D eigenvalue weighted by Crippen LogP contribution is 2.26. The summed E-state index contributed by atoms with van der Waals surface area (Å²) < 4.78 is 37.1. The molecule has 1 N–H and O–H groups in total. The van der Waals surface area contributed by atoms with Gasteiger partial charge < -0.3 is 5.32 Å². The van der Waals surface area contributed by atoms with Gasteiger partial charge in [-0.2, -0.15) is 8.78 Å². The molecule has 0 heterocycles. The highest BCUT2D eigenvalue weighted by atomic mass is 32.2. The van der Waals surface area contributed by atoms with Crippen molar-refractivity contribution in [3.8, 4) is 0 Å². The van der Waals surface area contributed by atoms with Crippen LogP contribution in [0.3, 0.4) is 0 Å². The van der Waals surface area contributed by atoms with Crippen molar-refractivity contribution in [1.29, 1.82) is 0 Å². The Hall–Kier alpha value is -2.21. The Balaban J connectivity index is 1.92. The molecule has 2 nitrogen and oxygen atoms in total. The normalized spacial score (nSPS) is 11.1. The van der Waals surface area contributed by atoms with Crippen LogP contribution < -0.4 is 5.32 Å². The molecule has 0 bridgehead atoms. The molecular formula is C16H12F3NOS. The molecule has 0 fully saturated rings. The number of anilines is 1. The molecule has 22 heavy (non-hydrogen) atoms. The third kappa shape index (κ3) is 5.29. The van der Waals surface area contributed by atoms with Crippen molar-refractivity contribution in [2.24, 2.45) is 0 Å². The van der Waals surface area contributed by atoms with E-state index >= 15 is 0 Å². The van der Waals surface area contributed by atoms with Gasteiger partial charge in [-0.1, -0.05) is 23.9 Å². The fraction of sp³-hybridized carbons (Fsp3) is 0.0625. The summed E-state index contributed by atoms with van der Waals surface area (Å²) in [6.45, 7) is 0. The first-order chi connectivity index (χ1) is 10.5. The molecule has 2 aromatic carbocycles. The smallest absolute Gasteiger partial charge is 0.288 e. The number of carbonyl (C=O) groups is 1. The molecule has 0 aromatic heterocycles. The summed E-state index contributed by atoms with van der Waals surface area (Å²) in [5, 5.41) is 2.61. The Morgan fingerprint density at radius 3 is 2.27 bits per heavy atom. The molecule has 1 amide bonds. The summed E-state index contributed by atoms with van der Waals surface area (Å²) in [5.41, 5.74) is 1.20. The van der Waals surface area contributed by atoms with Gasteiger partial charge >= 0.3 is 0 Å². The van der Waals surface area contributed by atoms with Crippen LogP contribution in [0.1, 0.15) is 5.56 Å². The topological polar surface area (TPSA) is 29.1 Å². The van der Waals surface area contributed by atoms with E-state index in [1.54, 1.807) is 30.3 Å². The number of carbonyl (C=O) groups excluding carboxylic acids is 1. The SMILES string of the molecule is O=C(/C=C/c1ccc(F)cc1)Nc1ccc(SC(F)F)cc1. The highest BCUT2D eigenvalue weighted by molar-refractivity contribution is 7.99. The third-order valence-corrected chi connectivity index (χ3v) is 3.37. The Morgan fingerprint density at radius 2 is 1.68 bits per heavy atom. The standard InChI is InChI=1S/C16H12F3NOS/c17-12-4-1-11(2-5-12)3-10-15(21)20-13-6-8-14(9-7-13)22-16(18)19/h1-10,16H,(H,20,21)/b10-3+. The maximum atomic E-state index is 12.7. The van der Waals surface area contributed by atoms with Gasteiger partial charge in [0, 0.05) is 16.7 Å². The van der Waals surface area contributed by atoms with Gasteiger partial charge in [0.25, 0.3) is 5.76 Å². The zero-order chi connectivity index (χ0) is 15.9. The maximum absolute atomic E-state index is 12.7. The lowest BCUT2D eigenvalue weighted by molar-refractivity contribution is -0.111. The van der Waals surface area contributed by atoms with Gasteiger partial charge in [0.2, 0.25) is 5.91 Å². The van der Waals surface area contributed by atoms with E-state index in [1.165, 1.54) is 30.3 Å². The summed E-state index contributed by atoms with van der Waals surface area (Å²) in [4.78, 5) is 12.1. The summed E-state index contributed by atoms with van der Waals surface area (Å²) in [5.74, 6) is -3.18. The average molecular weight is 323 g/mol. The van der Waals surface area contributed by atoms with Crippen molar-refractivity contribution in [3.63, 3.8) is 0 Å². The van der Waals surface area contributed by atoms with Gasteiger partial charge in [0.05, 0.1) is 0 Å². The first-order valence-electron chi connectivity index (χ1n) is 6.32. The zero-order valence-corrected chi connectivity index (χ0v) is 12.1. The fourth-order valence-electron chi connectivity index (χ4n) is 1.65. The lowest BCUT2D eigenvalue weighted by Crippen LogP contribution is -2.07. The molecule has 0 aliphatic rings. The first-order valence-corrected chi connectivity index (χ1v) is 7.20. The molecule has 0 saturated carbocycles. The second kappa shape index (κ2) is 7.70. The number of benzene rings is 2. The molecule has 0 aliphatic heterocycles. The highest BCUT2D eigenvalue weighted by Gasteiger charge is 2.05. The summed E-state index contributed by atoms with van der Waals surface area (Å²) >= 11 is 0.444. The second-order valence-electron chi connectivity index (χ2n) is 4.28. The number of thioether (sulfide) groups is 1. The molecule has 0 saturated heterocycles. The lowest BCUT2D eigenvalue weighted by atomic mass is 10.2. The molecule has 0 atom stereocenters. The van der Waals surface area contributed by atoms with Crippen molar-refractivity contribution in [2.45, 2.75) is 10.7 Å². The molecule has 0 unspecified atom stereocenters. The van der Waals surface area contributed by atoms with E-state index in [-0.39, 0.29) is 11.7 Å². The molecule has 0 aliphatic carbocycles. The van der Waals surface area contributed by atoms with Crippen LogP contribution in [0.2, 0.25) is 0 Å². The first kappa shape index (κ1) is 16.2. The largest absolute Gasteiger partial charge is 0.323 e. The van der Waals surface area contributed by atoms with E-state index in [0.717, 1.165) is 0 Å². The van der Waals surface area contributed by atoms with Crippen LogP contribution in [-0.2, 0) is 4.79 Å². The number of alkyl halides is 2. The quantitative estimate of drug-likeness (QED) is 0.633. The Bertz CT molecular complexity index is 654. The van der Waals surface area contributed by atoms with E-state index in [0.29, 0.717) is 27.9 Å². The van der Waals surface area contributed by atoms with Crippen LogP contribution in [0.25, 0.3) is 6.08 Å². The van der Waals surface area contributed by atoms with Gasteiger partial charge in [0.15, 0.2) is 0 Å². The van der Waals surface area contributed by atoms with E-state index in [4.69, 9.17) is 0 Å². The van der Waals surface area contributed by atoms with E-state index < -0.39 is 5.76 Å². The van der Waals surface area contributed by atoms with Crippen LogP contribution in [0.15, 0.2) is 59.5 Å². The van der Waals surface area contributed by atoms with Crippen LogP contribution in [0.5, 0.6) is 0 Å². The van der Waals surface area contributed by atoms with E-state index in [2.05, 4.69) is 5.32 Å². The molecule has 114 valence electrons. The predicted molar refractivity (Wildman–Crippen MR) is 82.4 cm³/mol. The number of nitrogens with one attached hydrogen (secondary N) is 1. The Kier molecular flexibility index (Phi) is 5.66. The van der Waals surface area contributed by atoms with Crippen LogP contribution >= 0.6 is 11.8 Å². The summed E-state index contributed by atoms with van der Waals surface area (Å²) in [7, 11) is 0. The molecule has 6 heteroatoms. The molecule has 2 aromatic rings. The minimum Gasteiger partial charge on any atom is -0.323 e. The number of hydrogen-bond acceptors (Lipinski definition) is 2. The Labute approximate surface area is 130 Å². The van der Waals surface area contributed by atoms with Crippen molar-refractivity contribution >= 4 is 29.4 Å². The summed E-state index contributed by atoms with van der Waals surface area (Å²) in [6, 6.07) is 11.8. The minimum atomic E-state index is -2.47. The predicted octanol–water partition coefficient (Wildman–Crippen LogP) is 4.79. The van der Waals surface area contributed by atoms with E-state index in [9.17, 15) is 18.0 Å². The molecule has 0 radical (unpaired) electrons. The van der Waals surface area contributed by atoms with Gasteiger partial charge in [0.1, 0.15) is 5.82 Å². The third-order valence-electron chi connectivity index (χ3n) is 2.64. The molecular weight excluding hydrogens is 311 g/mol. The van der Waals surface area contributed by atoms with Crippen LogP contribution in [0.4, 0.5) is 18.9 Å². The fourth-order valence-corrected chi connectivity index (χ4v) is 2.15. The lowest BCUT2D eigenvalue weighted by Gasteiger charge is -2.04. The van der Waals surface area contributed by atoms with Gasteiger partial charge in [-0.05, 0) is 48.0 Å². The number of rotatable bonds is 5. The number of hydrogen-bond donors (Lipinski definition) is 1. The van der Waals surface area contributed by atoms with Crippen molar-refractivity contribution < 1.29 is 18.0 Å². The van der Waals surface area contributed by atoms with Gasteiger partial charge in [-0.3, -0.25) is 4.79 Å². The molecule has 0 spiro atoms. The van der Waals surface area contributed by atoms with Crippen molar-refractivity contribution in [2.75, 3.05) is 5.32 Å². The second-order valence-corrected chi connectivity index (χ2v) is 5.34. The number of halogens is 3. The van der Waals surface area contributed by atoms with Gasteiger partial charge in [-0.15, -0.1) is 0 Å².